The van der Waals surface area contributed by atoms with E-state index in [1.807, 2.05) is 18.2 Å². The van der Waals surface area contributed by atoms with Crippen LogP contribution >= 0.6 is 0 Å². The lowest BCUT2D eigenvalue weighted by Crippen LogP contribution is -2.24. The summed E-state index contributed by atoms with van der Waals surface area (Å²) in [7, 11) is 0. The molecule has 0 spiro atoms. The zero-order valence-corrected chi connectivity index (χ0v) is 10.4. The maximum Gasteiger partial charge on any atom is 0.251 e. The topological polar surface area (TPSA) is 49.0 Å². The average Bonchev–Trinajstić information content (AvgIpc) is 2.39. The highest BCUT2D eigenvalue weighted by molar-refractivity contribution is 6.00. The van der Waals surface area contributed by atoms with Crippen LogP contribution in [0.5, 0.6) is 5.75 Å². The minimum absolute atomic E-state index is 0.103. The Labute approximate surface area is 106 Å². The molecule has 2 rings (SSSR count). The highest BCUT2D eigenvalue weighted by Gasteiger charge is 2.09. The molecule has 0 saturated heterocycles. The first-order valence-corrected chi connectivity index (χ1v) is 6.20. The number of fused-ring (bicyclic) bond motifs is 1. The van der Waals surface area contributed by atoms with E-state index >= 15 is 0 Å². The zero-order valence-electron chi connectivity index (χ0n) is 10.4. The van der Waals surface area contributed by atoms with Crippen LogP contribution in [0.4, 0.5) is 0 Å². The quantitative estimate of drug-likeness (QED) is 0.819. The summed E-state index contributed by atoms with van der Waals surface area (Å²) in [5.41, 5.74) is 0.440. The van der Waals surface area contributed by atoms with E-state index in [9.17, 15) is 9.90 Å². The molecule has 0 aliphatic rings. The number of amides is 1. The van der Waals surface area contributed by atoms with E-state index in [0.717, 1.165) is 18.2 Å². The maximum atomic E-state index is 11.9. The van der Waals surface area contributed by atoms with Crippen molar-refractivity contribution >= 4 is 16.7 Å². The molecule has 0 bridgehead atoms. The van der Waals surface area contributed by atoms with Crippen molar-refractivity contribution in [2.75, 3.05) is 6.54 Å². The van der Waals surface area contributed by atoms with Gasteiger partial charge in [0.25, 0.3) is 5.91 Å². The Balaban J connectivity index is 2.26. The van der Waals surface area contributed by atoms with E-state index in [2.05, 4.69) is 12.2 Å². The lowest BCUT2D eigenvalue weighted by atomic mass is 10.1. The van der Waals surface area contributed by atoms with Gasteiger partial charge in [-0.25, -0.2) is 0 Å². The summed E-state index contributed by atoms with van der Waals surface area (Å²) in [6.45, 7) is 2.72. The van der Waals surface area contributed by atoms with E-state index in [1.54, 1.807) is 12.1 Å². The van der Waals surface area contributed by atoms with Crippen LogP contribution in [0.25, 0.3) is 10.8 Å². The second-order valence-corrected chi connectivity index (χ2v) is 4.30. The molecule has 0 saturated carbocycles. The normalized spacial score (nSPS) is 10.5. The summed E-state index contributed by atoms with van der Waals surface area (Å²) in [5.74, 6) is -0.278. The number of hydrogen-bond acceptors (Lipinski definition) is 1. The van der Waals surface area contributed by atoms with Gasteiger partial charge < -0.3 is 5.32 Å². The Kier molecular flexibility index (Phi) is 3.82. The van der Waals surface area contributed by atoms with E-state index < -0.39 is 0 Å². The van der Waals surface area contributed by atoms with Gasteiger partial charge >= 0.3 is 0 Å². The highest BCUT2D eigenvalue weighted by atomic mass is 16.3. The van der Waals surface area contributed by atoms with Gasteiger partial charge in [0.05, 0.1) is 0 Å². The van der Waals surface area contributed by atoms with Gasteiger partial charge in [0, 0.05) is 17.5 Å². The Morgan fingerprint density at radius 2 is 2.00 bits per heavy atom. The molecule has 0 aliphatic heterocycles. The van der Waals surface area contributed by atoms with Crippen LogP contribution in [-0.2, 0) is 5.11 Å². The zero-order chi connectivity index (χ0) is 13.0. The number of carbonyl (C=O) groups excluding carboxylic acids is 1. The molecule has 0 aromatic heterocycles. The van der Waals surface area contributed by atoms with E-state index in [-0.39, 0.29) is 11.7 Å². The van der Waals surface area contributed by atoms with Crippen molar-refractivity contribution in [2.45, 2.75) is 19.8 Å². The number of benzene rings is 2. The SMILES string of the molecule is CCCCNC(=O)c1cc([O])c2ccccc2c1. The molecule has 3 heteroatoms. The van der Waals surface area contributed by atoms with Crippen molar-refractivity contribution in [1.29, 1.82) is 0 Å². The van der Waals surface area contributed by atoms with Crippen molar-refractivity contribution in [2.24, 2.45) is 0 Å². The fraction of sp³-hybridized carbons (Fsp3) is 0.267. The van der Waals surface area contributed by atoms with E-state index in [0.29, 0.717) is 17.5 Å². The number of rotatable bonds is 4. The lowest BCUT2D eigenvalue weighted by Gasteiger charge is -2.06. The third-order valence-corrected chi connectivity index (χ3v) is 2.90. The van der Waals surface area contributed by atoms with Gasteiger partial charge in [-0.3, -0.25) is 9.90 Å². The molecule has 1 amide bonds. The maximum absolute atomic E-state index is 11.9. The van der Waals surface area contributed by atoms with E-state index in [1.165, 1.54) is 6.07 Å². The van der Waals surface area contributed by atoms with Crippen molar-refractivity contribution in [1.82, 2.24) is 5.32 Å². The van der Waals surface area contributed by atoms with Crippen molar-refractivity contribution < 1.29 is 9.90 Å². The summed E-state index contributed by atoms with van der Waals surface area (Å²) >= 11 is 0. The third-order valence-electron chi connectivity index (χ3n) is 2.90. The molecule has 0 aliphatic carbocycles. The Morgan fingerprint density at radius 3 is 2.78 bits per heavy atom. The first-order valence-electron chi connectivity index (χ1n) is 6.20. The first-order chi connectivity index (χ1) is 8.72. The molecule has 0 unspecified atom stereocenters. The minimum Gasteiger partial charge on any atom is -0.352 e. The molecule has 0 fully saturated rings. The van der Waals surface area contributed by atoms with Crippen molar-refractivity contribution in [3.63, 3.8) is 0 Å². The van der Waals surface area contributed by atoms with Crippen LogP contribution in [0.3, 0.4) is 0 Å². The minimum atomic E-state index is -0.175. The van der Waals surface area contributed by atoms with Crippen LogP contribution in [-0.4, -0.2) is 12.5 Å². The predicted molar refractivity (Wildman–Crippen MR) is 71.3 cm³/mol. The van der Waals surface area contributed by atoms with Crippen LogP contribution in [0.2, 0.25) is 0 Å². The summed E-state index contributed by atoms with van der Waals surface area (Å²) in [5, 5.41) is 16.1. The van der Waals surface area contributed by atoms with E-state index in [4.69, 9.17) is 0 Å². The molecule has 2 aromatic carbocycles. The van der Waals surface area contributed by atoms with Crippen molar-refractivity contribution in [3.8, 4) is 5.75 Å². The Hall–Kier alpha value is -2.03. The smallest absolute Gasteiger partial charge is 0.251 e. The van der Waals surface area contributed by atoms with Gasteiger partial charge in [0.2, 0.25) is 0 Å². The van der Waals surface area contributed by atoms with Gasteiger partial charge in [-0.1, -0.05) is 37.6 Å². The largest absolute Gasteiger partial charge is 0.352 e. The van der Waals surface area contributed by atoms with Gasteiger partial charge in [0.15, 0.2) is 5.75 Å². The second-order valence-electron chi connectivity index (χ2n) is 4.30. The Morgan fingerprint density at radius 1 is 1.22 bits per heavy atom. The number of nitrogens with one attached hydrogen (secondary N) is 1. The van der Waals surface area contributed by atoms with Crippen LogP contribution < -0.4 is 5.32 Å². The molecule has 0 heterocycles. The molecule has 93 valence electrons. The summed E-state index contributed by atoms with van der Waals surface area (Å²) in [6, 6.07) is 10.5. The fourth-order valence-corrected chi connectivity index (χ4v) is 1.89. The second kappa shape index (κ2) is 5.54. The molecule has 3 nitrogen and oxygen atoms in total. The lowest BCUT2D eigenvalue weighted by molar-refractivity contribution is 0.0952. The van der Waals surface area contributed by atoms with Crippen LogP contribution in [0.1, 0.15) is 30.1 Å². The van der Waals surface area contributed by atoms with Crippen LogP contribution in [0, 0.1) is 0 Å². The fourth-order valence-electron chi connectivity index (χ4n) is 1.89. The number of hydrogen-bond donors (Lipinski definition) is 1. The molecule has 1 N–H and O–H groups in total. The van der Waals surface area contributed by atoms with Crippen LogP contribution in [0.15, 0.2) is 36.4 Å². The van der Waals surface area contributed by atoms with Gasteiger partial charge in [-0.2, -0.15) is 0 Å². The summed E-state index contributed by atoms with van der Waals surface area (Å²) in [6.07, 6.45) is 1.98. The molecule has 0 atom stereocenters. The number of carbonyl (C=O) groups is 1. The Bertz CT molecular complexity index is 563. The first kappa shape index (κ1) is 12.4. The van der Waals surface area contributed by atoms with Crippen molar-refractivity contribution in [3.05, 3.63) is 42.0 Å². The van der Waals surface area contributed by atoms with Gasteiger partial charge in [-0.15, -0.1) is 0 Å². The summed E-state index contributed by atoms with van der Waals surface area (Å²) < 4.78 is 0. The molecule has 18 heavy (non-hydrogen) atoms. The monoisotopic (exact) mass is 242 g/mol. The average molecular weight is 242 g/mol. The molecular formula is C15H16NO2. The van der Waals surface area contributed by atoms with Gasteiger partial charge in [0.1, 0.15) is 0 Å². The van der Waals surface area contributed by atoms with Gasteiger partial charge in [-0.05, 0) is 23.9 Å². The summed E-state index contributed by atoms with van der Waals surface area (Å²) in [4.78, 5) is 11.9. The molecular weight excluding hydrogens is 226 g/mol. The predicted octanol–water partition coefficient (Wildman–Crippen LogP) is 3.51. The standard InChI is InChI=1S/C15H16NO2/c1-2-3-8-16-15(18)12-9-11-6-4-5-7-13(11)14(17)10-12/h4-7,9-10H,2-3,8H2,1H3,(H,16,18). The number of unbranched alkanes of at least 4 members (excludes halogenated alkanes) is 1. The third kappa shape index (κ3) is 2.62. The highest BCUT2D eigenvalue weighted by Crippen LogP contribution is 2.26. The molecule has 1 radical (unpaired) electrons. The molecule has 2 aromatic rings.